The number of fused-ring (bicyclic) bond motifs is 1. The van der Waals surface area contributed by atoms with Crippen LogP contribution in [0.15, 0.2) is 60.7 Å². The molecular formula is C40H48O12. The molecule has 0 spiro atoms. The molecule has 2 N–H and O–H groups in total. The van der Waals surface area contributed by atoms with Gasteiger partial charge in [-0.2, -0.15) is 0 Å². The molecule has 0 aliphatic rings. The number of carboxylic acids is 2. The summed E-state index contributed by atoms with van der Waals surface area (Å²) >= 11 is 0. The van der Waals surface area contributed by atoms with E-state index in [1.165, 1.54) is 0 Å². The summed E-state index contributed by atoms with van der Waals surface area (Å²) in [6, 6.07) is 18.4. The number of hydrogen-bond acceptors (Lipinski definition) is 10. The van der Waals surface area contributed by atoms with E-state index in [9.17, 15) is 19.8 Å². The van der Waals surface area contributed by atoms with Crippen molar-refractivity contribution in [2.75, 3.05) is 93.5 Å². The normalized spacial score (nSPS) is 11.2. The number of carbonyl (C=O) groups is 2. The van der Waals surface area contributed by atoms with Crippen molar-refractivity contribution in [3.8, 4) is 33.8 Å². The van der Waals surface area contributed by atoms with Gasteiger partial charge >= 0.3 is 11.9 Å². The molecule has 12 nitrogen and oxygen atoms in total. The fraction of sp³-hybridized carbons (Fsp3) is 0.400. The van der Waals surface area contributed by atoms with Crippen LogP contribution in [0.25, 0.3) is 33.0 Å². The monoisotopic (exact) mass is 720 g/mol. The van der Waals surface area contributed by atoms with E-state index in [1.54, 1.807) is 38.5 Å². The molecule has 0 unspecified atom stereocenters. The highest BCUT2D eigenvalue weighted by molar-refractivity contribution is 6.07. The Morgan fingerprint density at radius 1 is 0.481 bits per heavy atom. The van der Waals surface area contributed by atoms with E-state index >= 15 is 0 Å². The number of ether oxygens (including phenoxy) is 8. The van der Waals surface area contributed by atoms with Crippen LogP contribution < -0.4 is 9.47 Å². The molecule has 0 amide bonds. The van der Waals surface area contributed by atoms with Crippen LogP contribution in [-0.2, 0) is 28.4 Å². The first-order valence-electron chi connectivity index (χ1n) is 17.1. The van der Waals surface area contributed by atoms with Crippen molar-refractivity contribution in [2.24, 2.45) is 0 Å². The summed E-state index contributed by atoms with van der Waals surface area (Å²) < 4.78 is 43.3. The molecule has 0 aliphatic heterocycles. The first-order chi connectivity index (χ1) is 25.2. The molecule has 0 fully saturated rings. The van der Waals surface area contributed by atoms with E-state index < -0.39 is 11.9 Å². The van der Waals surface area contributed by atoms with Crippen molar-refractivity contribution in [1.82, 2.24) is 0 Å². The highest BCUT2D eigenvalue weighted by Gasteiger charge is 2.18. The molecule has 0 saturated heterocycles. The van der Waals surface area contributed by atoms with Crippen LogP contribution in [0.2, 0.25) is 0 Å². The zero-order valence-electron chi connectivity index (χ0n) is 30.2. The predicted octanol–water partition coefficient (Wildman–Crippen LogP) is 6.30. The lowest BCUT2D eigenvalue weighted by Gasteiger charge is -2.17. The van der Waals surface area contributed by atoms with E-state index in [1.807, 2.05) is 50.2 Å². The van der Waals surface area contributed by atoms with E-state index in [4.69, 9.17) is 37.9 Å². The number of aryl methyl sites for hydroxylation is 2. The topological polar surface area (TPSA) is 148 Å². The van der Waals surface area contributed by atoms with Crippen LogP contribution >= 0.6 is 0 Å². The van der Waals surface area contributed by atoms with Crippen LogP contribution in [0.1, 0.15) is 31.8 Å². The second-order valence-corrected chi connectivity index (χ2v) is 11.9. The van der Waals surface area contributed by atoms with Gasteiger partial charge < -0.3 is 48.1 Å². The van der Waals surface area contributed by atoms with Crippen LogP contribution in [0.3, 0.4) is 0 Å². The molecule has 0 saturated carbocycles. The van der Waals surface area contributed by atoms with E-state index in [-0.39, 0.29) is 49.1 Å². The number of methoxy groups -OCH3 is 2. The fourth-order valence-electron chi connectivity index (χ4n) is 5.56. The molecular weight excluding hydrogens is 672 g/mol. The minimum Gasteiger partial charge on any atom is -0.490 e. The number of hydrogen-bond donors (Lipinski definition) is 2. The highest BCUT2D eigenvalue weighted by atomic mass is 16.6. The molecule has 0 heterocycles. The second-order valence-electron chi connectivity index (χ2n) is 11.9. The maximum absolute atomic E-state index is 12.3. The van der Waals surface area contributed by atoms with E-state index in [0.717, 1.165) is 33.0 Å². The lowest BCUT2D eigenvalue weighted by Crippen LogP contribution is -2.13. The van der Waals surface area contributed by atoms with Gasteiger partial charge in [-0.15, -0.1) is 0 Å². The van der Waals surface area contributed by atoms with Gasteiger partial charge in [-0.1, -0.05) is 36.4 Å². The molecule has 280 valence electrons. The molecule has 0 aromatic heterocycles. The van der Waals surface area contributed by atoms with Gasteiger partial charge in [0.1, 0.15) is 35.8 Å². The summed E-state index contributed by atoms with van der Waals surface area (Å²) in [6.07, 6.45) is 0. The Morgan fingerprint density at radius 2 is 0.827 bits per heavy atom. The Morgan fingerprint density at radius 3 is 1.17 bits per heavy atom. The molecule has 0 radical (unpaired) electrons. The van der Waals surface area contributed by atoms with E-state index in [2.05, 4.69) is 0 Å². The minimum absolute atomic E-state index is 0.0328. The van der Waals surface area contributed by atoms with Gasteiger partial charge in [-0.3, -0.25) is 0 Å². The van der Waals surface area contributed by atoms with Gasteiger partial charge in [0, 0.05) is 14.2 Å². The Labute approximate surface area is 304 Å². The van der Waals surface area contributed by atoms with Crippen LogP contribution in [0.5, 0.6) is 11.5 Å². The average molecular weight is 721 g/mol. The third kappa shape index (κ3) is 11.7. The lowest BCUT2D eigenvalue weighted by atomic mass is 9.89. The number of rotatable bonds is 24. The molecule has 4 rings (SSSR count). The maximum atomic E-state index is 12.3. The number of aromatic carboxylic acids is 2. The van der Waals surface area contributed by atoms with Crippen molar-refractivity contribution < 1.29 is 57.7 Å². The first kappa shape index (κ1) is 40.2. The van der Waals surface area contributed by atoms with Crippen LogP contribution in [-0.4, -0.2) is 116 Å². The number of benzene rings is 4. The Balaban J connectivity index is 1.53. The molecule has 4 aromatic carbocycles. The molecule has 0 bridgehead atoms. The zero-order chi connectivity index (χ0) is 37.3. The van der Waals surface area contributed by atoms with Gasteiger partial charge in [-0.25, -0.2) is 9.59 Å². The molecule has 4 aromatic rings. The summed E-state index contributed by atoms with van der Waals surface area (Å²) in [4.78, 5) is 24.7. The van der Waals surface area contributed by atoms with Crippen molar-refractivity contribution >= 4 is 22.7 Å². The summed E-state index contributed by atoms with van der Waals surface area (Å²) in [5, 5.41) is 22.0. The first-order valence-corrected chi connectivity index (χ1v) is 17.1. The summed E-state index contributed by atoms with van der Waals surface area (Å²) in [6.45, 7) is 8.46. The molecule has 0 atom stereocenters. The van der Waals surface area contributed by atoms with Gasteiger partial charge in [0.2, 0.25) is 0 Å². The van der Waals surface area contributed by atoms with Gasteiger partial charge in [0.25, 0.3) is 0 Å². The maximum Gasteiger partial charge on any atom is 0.339 e. The third-order valence-electron chi connectivity index (χ3n) is 7.98. The average Bonchev–Trinajstić information content (AvgIpc) is 3.13. The van der Waals surface area contributed by atoms with Gasteiger partial charge in [0.05, 0.1) is 66.1 Å². The van der Waals surface area contributed by atoms with Gasteiger partial charge in [0.15, 0.2) is 0 Å². The zero-order valence-corrected chi connectivity index (χ0v) is 30.2. The second kappa shape index (κ2) is 21.1. The molecule has 0 aliphatic carbocycles. The van der Waals surface area contributed by atoms with Crippen molar-refractivity contribution in [3.05, 3.63) is 82.9 Å². The third-order valence-corrected chi connectivity index (χ3v) is 7.98. The molecule has 52 heavy (non-hydrogen) atoms. The Kier molecular flexibility index (Phi) is 16.3. The summed E-state index contributed by atoms with van der Waals surface area (Å²) in [5.41, 5.74) is 5.07. The van der Waals surface area contributed by atoms with Crippen molar-refractivity contribution in [2.45, 2.75) is 13.8 Å². The number of carboxylic acid groups (broad SMARTS) is 2. The summed E-state index contributed by atoms with van der Waals surface area (Å²) in [7, 11) is 3.22. The SMILES string of the molecule is COCCOCCOCCOc1ccc(-c2cc(C)cc3c(-c4ccc(OCCOCCOCCOC)c(C(=O)O)c4)cc(C)cc23)cc1C(=O)O. The lowest BCUT2D eigenvalue weighted by molar-refractivity contribution is 0.0178. The highest BCUT2D eigenvalue weighted by Crippen LogP contribution is 2.39. The smallest absolute Gasteiger partial charge is 0.339 e. The standard InChI is InChI=1S/C40H48O12/c1-27-21-31(29-5-7-37(35(25-29)39(41)42)51-19-17-49-15-13-47-11-9-45-3)34-24-28(2)22-32(33(34)23-27)30-6-8-38(36(26-30)40(43)44)52-20-18-50-16-14-48-12-10-46-4/h5-8,21-26H,9-20H2,1-4H3,(H,41,42)(H,43,44). The quantitative estimate of drug-likeness (QED) is 0.0783. The van der Waals surface area contributed by atoms with Gasteiger partial charge in [-0.05, 0) is 82.3 Å². The molecule has 12 heteroatoms. The van der Waals surface area contributed by atoms with Crippen LogP contribution in [0.4, 0.5) is 0 Å². The van der Waals surface area contributed by atoms with Crippen molar-refractivity contribution in [1.29, 1.82) is 0 Å². The Hall–Kier alpha value is -4.56. The minimum atomic E-state index is -1.11. The fourth-order valence-corrected chi connectivity index (χ4v) is 5.56. The van der Waals surface area contributed by atoms with Crippen LogP contribution in [0, 0.1) is 13.8 Å². The largest absolute Gasteiger partial charge is 0.490 e. The predicted molar refractivity (Wildman–Crippen MR) is 196 cm³/mol. The van der Waals surface area contributed by atoms with Crippen molar-refractivity contribution in [3.63, 3.8) is 0 Å². The van der Waals surface area contributed by atoms with E-state index in [0.29, 0.717) is 64.0 Å². The summed E-state index contributed by atoms with van der Waals surface area (Å²) in [5.74, 6) is -1.74. The Bertz CT molecular complexity index is 1640.